The first-order valence-electron chi connectivity index (χ1n) is 6.91. The first kappa shape index (κ1) is 14.8. The predicted molar refractivity (Wildman–Crippen MR) is 78.5 cm³/mol. The molecule has 0 amide bonds. The number of piperidine rings is 1. The zero-order chi connectivity index (χ0) is 14.0. The van der Waals surface area contributed by atoms with Gasteiger partial charge in [0.15, 0.2) is 5.13 Å². The van der Waals surface area contributed by atoms with E-state index in [0.717, 1.165) is 22.2 Å². The first-order valence-corrected chi connectivity index (χ1v) is 7.73. The van der Waals surface area contributed by atoms with Crippen molar-refractivity contribution < 1.29 is 9.84 Å². The van der Waals surface area contributed by atoms with Gasteiger partial charge in [-0.15, -0.1) is 0 Å². The van der Waals surface area contributed by atoms with Crippen LogP contribution in [-0.4, -0.2) is 29.8 Å². The highest BCUT2D eigenvalue weighted by Crippen LogP contribution is 2.35. The van der Waals surface area contributed by atoms with Crippen LogP contribution in [0.1, 0.15) is 37.8 Å². The minimum atomic E-state index is 0.0453. The van der Waals surface area contributed by atoms with Crippen LogP contribution in [-0.2, 0) is 18.0 Å². The number of aliphatic hydroxyl groups excluding tert-OH is 1. The Labute approximate surface area is 119 Å². The molecular formula is C14H24N2O2S. The molecule has 4 nitrogen and oxygen atoms in total. The summed E-state index contributed by atoms with van der Waals surface area (Å²) < 4.78 is 5.15. The second-order valence-corrected chi connectivity index (χ2v) is 6.73. The minimum Gasteiger partial charge on any atom is -0.391 e. The number of hydrogen-bond acceptors (Lipinski definition) is 5. The Morgan fingerprint density at radius 3 is 2.79 bits per heavy atom. The zero-order valence-electron chi connectivity index (χ0n) is 12.2. The highest BCUT2D eigenvalue weighted by atomic mass is 32.1. The van der Waals surface area contributed by atoms with Crippen LogP contribution in [0.4, 0.5) is 5.13 Å². The van der Waals surface area contributed by atoms with Gasteiger partial charge in [-0.05, 0) is 25.2 Å². The van der Waals surface area contributed by atoms with Crippen LogP contribution in [0.2, 0.25) is 0 Å². The van der Waals surface area contributed by atoms with E-state index in [0.29, 0.717) is 24.5 Å². The lowest BCUT2D eigenvalue weighted by molar-refractivity contribution is 0.178. The predicted octanol–water partition coefficient (Wildman–Crippen LogP) is 2.65. The van der Waals surface area contributed by atoms with Gasteiger partial charge in [-0.3, -0.25) is 0 Å². The molecule has 0 aromatic carbocycles. The van der Waals surface area contributed by atoms with Gasteiger partial charge >= 0.3 is 0 Å². The Hall–Kier alpha value is -0.650. The number of ether oxygens (including phenoxy) is 1. The highest BCUT2D eigenvalue weighted by molar-refractivity contribution is 7.15. The quantitative estimate of drug-likeness (QED) is 0.923. The van der Waals surface area contributed by atoms with Gasteiger partial charge in [0, 0.05) is 19.7 Å². The molecule has 19 heavy (non-hydrogen) atoms. The molecule has 1 fully saturated rings. The van der Waals surface area contributed by atoms with Crippen molar-refractivity contribution in [2.75, 3.05) is 18.6 Å². The fourth-order valence-electron chi connectivity index (χ4n) is 2.83. The van der Waals surface area contributed by atoms with Crippen molar-refractivity contribution in [2.45, 2.75) is 46.4 Å². The third-order valence-electron chi connectivity index (χ3n) is 4.03. The second kappa shape index (κ2) is 6.20. The maximum Gasteiger partial charge on any atom is 0.186 e. The van der Waals surface area contributed by atoms with Gasteiger partial charge in [0.1, 0.15) is 0 Å². The molecule has 0 radical (unpaired) electrons. The zero-order valence-corrected chi connectivity index (χ0v) is 13.0. The van der Waals surface area contributed by atoms with Gasteiger partial charge in [-0.2, -0.15) is 0 Å². The molecule has 0 aliphatic carbocycles. The van der Waals surface area contributed by atoms with Crippen molar-refractivity contribution in [3.63, 3.8) is 0 Å². The number of anilines is 1. The summed E-state index contributed by atoms with van der Waals surface area (Å²) in [6.45, 7) is 8.45. The average Bonchev–Trinajstić information content (AvgIpc) is 2.77. The molecular weight excluding hydrogens is 260 g/mol. The Kier molecular flexibility index (Phi) is 4.81. The lowest BCUT2D eigenvalue weighted by Gasteiger charge is -2.41. The fourth-order valence-corrected chi connectivity index (χ4v) is 3.85. The molecule has 1 aliphatic rings. The number of aliphatic hydroxyl groups is 1. The van der Waals surface area contributed by atoms with E-state index in [1.807, 2.05) is 0 Å². The van der Waals surface area contributed by atoms with Crippen LogP contribution < -0.4 is 4.90 Å². The molecule has 1 aromatic rings. The van der Waals surface area contributed by atoms with Crippen molar-refractivity contribution in [1.29, 1.82) is 0 Å². The van der Waals surface area contributed by atoms with E-state index < -0.39 is 0 Å². The summed E-state index contributed by atoms with van der Waals surface area (Å²) in [5, 5.41) is 10.5. The first-order chi connectivity index (χ1) is 9.06. The molecule has 0 bridgehead atoms. The summed E-state index contributed by atoms with van der Waals surface area (Å²) in [5.74, 6) is 1.37. The Bertz CT molecular complexity index is 422. The number of rotatable bonds is 4. The van der Waals surface area contributed by atoms with Crippen molar-refractivity contribution in [1.82, 2.24) is 4.98 Å². The molecule has 1 aromatic heterocycles. The Balaban J connectivity index is 2.24. The van der Waals surface area contributed by atoms with Gasteiger partial charge in [0.05, 0.1) is 23.8 Å². The minimum absolute atomic E-state index is 0.0453. The van der Waals surface area contributed by atoms with Gasteiger partial charge in [-0.25, -0.2) is 4.98 Å². The SMILES string of the molecule is COCc1nc(N2CC(C)CC(C)C2C)sc1CO. The average molecular weight is 284 g/mol. The number of methoxy groups -OCH3 is 1. The summed E-state index contributed by atoms with van der Waals surface area (Å²) in [6.07, 6.45) is 1.28. The summed E-state index contributed by atoms with van der Waals surface area (Å²) in [4.78, 5) is 7.99. The van der Waals surface area contributed by atoms with Crippen molar-refractivity contribution in [3.05, 3.63) is 10.6 Å². The number of nitrogens with zero attached hydrogens (tertiary/aromatic N) is 2. The largest absolute Gasteiger partial charge is 0.391 e. The lowest BCUT2D eigenvalue weighted by atomic mass is 9.86. The number of thiazole rings is 1. The van der Waals surface area contributed by atoms with Crippen molar-refractivity contribution in [2.24, 2.45) is 11.8 Å². The second-order valence-electron chi connectivity index (χ2n) is 5.67. The van der Waals surface area contributed by atoms with Crippen molar-refractivity contribution >= 4 is 16.5 Å². The van der Waals surface area contributed by atoms with E-state index >= 15 is 0 Å². The number of aromatic nitrogens is 1. The molecule has 0 spiro atoms. The van der Waals surface area contributed by atoms with Gasteiger partial charge < -0.3 is 14.7 Å². The summed E-state index contributed by atoms with van der Waals surface area (Å²) in [5.41, 5.74) is 0.878. The lowest BCUT2D eigenvalue weighted by Crippen LogP contribution is -2.45. The third kappa shape index (κ3) is 3.09. The molecule has 2 heterocycles. The summed E-state index contributed by atoms with van der Waals surface area (Å²) in [6, 6.07) is 0.504. The Morgan fingerprint density at radius 1 is 1.42 bits per heavy atom. The molecule has 108 valence electrons. The third-order valence-corrected chi connectivity index (χ3v) is 5.15. The maximum absolute atomic E-state index is 9.42. The van der Waals surface area contributed by atoms with E-state index in [4.69, 9.17) is 4.74 Å². The van der Waals surface area contributed by atoms with Crippen LogP contribution in [0.5, 0.6) is 0 Å². The van der Waals surface area contributed by atoms with Crippen LogP contribution >= 0.6 is 11.3 Å². The highest BCUT2D eigenvalue weighted by Gasteiger charge is 2.31. The van der Waals surface area contributed by atoms with Crippen LogP contribution in [0.25, 0.3) is 0 Å². The summed E-state index contributed by atoms with van der Waals surface area (Å²) >= 11 is 1.60. The molecule has 1 aliphatic heterocycles. The molecule has 0 saturated carbocycles. The molecule has 5 heteroatoms. The topological polar surface area (TPSA) is 45.6 Å². The normalized spacial score (nSPS) is 27.8. The monoisotopic (exact) mass is 284 g/mol. The molecule has 3 unspecified atom stereocenters. The number of hydrogen-bond donors (Lipinski definition) is 1. The van der Waals surface area contributed by atoms with E-state index in [1.165, 1.54) is 6.42 Å². The van der Waals surface area contributed by atoms with Crippen molar-refractivity contribution in [3.8, 4) is 0 Å². The summed E-state index contributed by atoms with van der Waals surface area (Å²) in [7, 11) is 1.66. The van der Waals surface area contributed by atoms with E-state index in [9.17, 15) is 5.11 Å². The van der Waals surface area contributed by atoms with Crippen LogP contribution in [0.15, 0.2) is 0 Å². The molecule has 1 N–H and O–H groups in total. The fraction of sp³-hybridized carbons (Fsp3) is 0.786. The van der Waals surface area contributed by atoms with E-state index in [2.05, 4.69) is 30.7 Å². The van der Waals surface area contributed by atoms with E-state index in [1.54, 1.807) is 18.4 Å². The molecule has 3 atom stereocenters. The van der Waals surface area contributed by atoms with Gasteiger partial charge in [0.2, 0.25) is 0 Å². The van der Waals surface area contributed by atoms with Gasteiger partial charge in [-0.1, -0.05) is 25.2 Å². The molecule has 1 saturated heterocycles. The van der Waals surface area contributed by atoms with Crippen LogP contribution in [0, 0.1) is 11.8 Å². The van der Waals surface area contributed by atoms with Crippen LogP contribution in [0.3, 0.4) is 0 Å². The smallest absolute Gasteiger partial charge is 0.186 e. The van der Waals surface area contributed by atoms with E-state index in [-0.39, 0.29) is 6.61 Å². The standard InChI is InChI=1S/C14H24N2O2S/c1-9-5-10(2)11(3)16(6-9)14-15-12(8-18-4)13(7-17)19-14/h9-11,17H,5-8H2,1-4H3. The maximum atomic E-state index is 9.42. The van der Waals surface area contributed by atoms with Gasteiger partial charge in [0.25, 0.3) is 0 Å². The Morgan fingerprint density at radius 2 is 2.16 bits per heavy atom. The molecule has 2 rings (SSSR count).